The van der Waals surface area contributed by atoms with E-state index in [2.05, 4.69) is 29.5 Å². The molecule has 0 saturated carbocycles. The molecule has 1 amide bonds. The SMILES string of the molecule is CC(C)CNC(N)=NCC(=O)Nc1ccccc1. The molecule has 1 aromatic rings. The van der Waals surface area contributed by atoms with E-state index in [1.54, 1.807) is 0 Å². The highest BCUT2D eigenvalue weighted by molar-refractivity contribution is 5.93. The first-order chi connectivity index (χ1) is 8.58. The lowest BCUT2D eigenvalue weighted by atomic mass is 10.2. The van der Waals surface area contributed by atoms with E-state index in [1.165, 1.54) is 0 Å². The van der Waals surface area contributed by atoms with Gasteiger partial charge in [0.1, 0.15) is 6.54 Å². The maximum absolute atomic E-state index is 11.6. The van der Waals surface area contributed by atoms with Crippen LogP contribution in [-0.4, -0.2) is 25.0 Å². The van der Waals surface area contributed by atoms with Crippen LogP contribution >= 0.6 is 0 Å². The number of para-hydroxylation sites is 1. The van der Waals surface area contributed by atoms with Crippen LogP contribution in [0.3, 0.4) is 0 Å². The van der Waals surface area contributed by atoms with Gasteiger partial charge in [0, 0.05) is 12.2 Å². The molecule has 0 bridgehead atoms. The number of rotatable bonds is 5. The highest BCUT2D eigenvalue weighted by Crippen LogP contribution is 2.04. The standard InChI is InChI=1S/C13H20N4O/c1-10(2)8-15-13(14)16-9-12(18)17-11-6-4-3-5-7-11/h3-7,10H,8-9H2,1-2H3,(H,17,18)(H3,14,15,16). The Hall–Kier alpha value is -2.04. The van der Waals surface area contributed by atoms with Gasteiger partial charge in [0.05, 0.1) is 0 Å². The molecule has 0 heterocycles. The molecular weight excluding hydrogens is 228 g/mol. The lowest BCUT2D eigenvalue weighted by Crippen LogP contribution is -2.35. The van der Waals surface area contributed by atoms with Gasteiger partial charge in [-0.1, -0.05) is 32.0 Å². The van der Waals surface area contributed by atoms with Crippen LogP contribution < -0.4 is 16.4 Å². The topological polar surface area (TPSA) is 79.5 Å². The van der Waals surface area contributed by atoms with Crippen molar-refractivity contribution in [3.63, 3.8) is 0 Å². The summed E-state index contributed by atoms with van der Waals surface area (Å²) in [5, 5.41) is 5.68. The average molecular weight is 248 g/mol. The molecule has 1 rings (SSSR count). The summed E-state index contributed by atoms with van der Waals surface area (Å²) in [4.78, 5) is 15.5. The Bertz CT molecular complexity index is 401. The van der Waals surface area contributed by atoms with E-state index in [4.69, 9.17) is 5.73 Å². The number of hydrogen-bond donors (Lipinski definition) is 3. The first kappa shape index (κ1) is 14.0. The zero-order valence-electron chi connectivity index (χ0n) is 10.8. The molecular formula is C13H20N4O. The van der Waals surface area contributed by atoms with E-state index in [0.29, 0.717) is 11.9 Å². The van der Waals surface area contributed by atoms with Crippen molar-refractivity contribution in [2.24, 2.45) is 16.6 Å². The van der Waals surface area contributed by atoms with Crippen molar-refractivity contribution in [1.82, 2.24) is 5.32 Å². The zero-order valence-corrected chi connectivity index (χ0v) is 10.8. The summed E-state index contributed by atoms with van der Waals surface area (Å²) in [6, 6.07) is 9.25. The molecule has 18 heavy (non-hydrogen) atoms. The van der Waals surface area contributed by atoms with Gasteiger partial charge < -0.3 is 16.4 Å². The van der Waals surface area contributed by atoms with E-state index in [1.807, 2.05) is 30.3 Å². The number of amides is 1. The third-order valence-electron chi connectivity index (χ3n) is 2.14. The molecule has 0 aromatic heterocycles. The summed E-state index contributed by atoms with van der Waals surface area (Å²) in [6.45, 7) is 4.91. The van der Waals surface area contributed by atoms with E-state index in [-0.39, 0.29) is 12.5 Å². The molecule has 0 aliphatic heterocycles. The van der Waals surface area contributed by atoms with Gasteiger partial charge in [-0.2, -0.15) is 0 Å². The summed E-state index contributed by atoms with van der Waals surface area (Å²) in [7, 11) is 0. The Morgan fingerprint density at radius 2 is 2.00 bits per heavy atom. The van der Waals surface area contributed by atoms with Gasteiger partial charge in [0.15, 0.2) is 5.96 Å². The fraction of sp³-hybridized carbons (Fsp3) is 0.385. The minimum absolute atomic E-state index is 0.0197. The lowest BCUT2D eigenvalue weighted by Gasteiger charge is -2.08. The summed E-state index contributed by atoms with van der Waals surface area (Å²) >= 11 is 0. The Balaban J connectivity index is 2.34. The van der Waals surface area contributed by atoms with Crippen LogP contribution in [0.5, 0.6) is 0 Å². The molecule has 0 aliphatic carbocycles. The maximum Gasteiger partial charge on any atom is 0.246 e. The number of carbonyl (C=O) groups is 1. The van der Waals surface area contributed by atoms with Gasteiger partial charge in [-0.15, -0.1) is 0 Å². The Kier molecular flexibility index (Phi) is 5.70. The summed E-state index contributed by atoms with van der Waals surface area (Å²) in [6.07, 6.45) is 0. The van der Waals surface area contributed by atoms with Crippen molar-refractivity contribution in [3.05, 3.63) is 30.3 Å². The minimum Gasteiger partial charge on any atom is -0.370 e. The Morgan fingerprint density at radius 3 is 2.61 bits per heavy atom. The fourth-order valence-corrected chi connectivity index (χ4v) is 1.24. The second kappa shape index (κ2) is 7.32. The van der Waals surface area contributed by atoms with Gasteiger partial charge in [0.2, 0.25) is 5.91 Å². The third-order valence-corrected chi connectivity index (χ3v) is 2.14. The number of aliphatic imine (C=N–C) groups is 1. The quantitative estimate of drug-likeness (QED) is 0.541. The van der Waals surface area contributed by atoms with Crippen LogP contribution in [0.4, 0.5) is 5.69 Å². The number of nitrogens with zero attached hydrogens (tertiary/aromatic N) is 1. The normalized spacial score (nSPS) is 11.4. The highest BCUT2D eigenvalue weighted by Gasteiger charge is 2.01. The molecule has 0 fully saturated rings. The molecule has 98 valence electrons. The van der Waals surface area contributed by atoms with E-state index in [9.17, 15) is 4.79 Å². The number of guanidine groups is 1. The molecule has 5 nitrogen and oxygen atoms in total. The number of anilines is 1. The van der Waals surface area contributed by atoms with Crippen LogP contribution in [0, 0.1) is 5.92 Å². The second-order valence-electron chi connectivity index (χ2n) is 4.39. The number of carbonyl (C=O) groups excluding carboxylic acids is 1. The van der Waals surface area contributed by atoms with Crippen LogP contribution in [-0.2, 0) is 4.79 Å². The zero-order chi connectivity index (χ0) is 13.4. The monoisotopic (exact) mass is 248 g/mol. The summed E-state index contributed by atoms with van der Waals surface area (Å²) < 4.78 is 0. The van der Waals surface area contributed by atoms with Gasteiger partial charge in [-0.05, 0) is 18.1 Å². The second-order valence-corrected chi connectivity index (χ2v) is 4.39. The van der Waals surface area contributed by atoms with Crippen molar-refractivity contribution in [2.45, 2.75) is 13.8 Å². The highest BCUT2D eigenvalue weighted by atomic mass is 16.1. The van der Waals surface area contributed by atoms with Crippen molar-refractivity contribution in [3.8, 4) is 0 Å². The van der Waals surface area contributed by atoms with Crippen LogP contribution in [0.2, 0.25) is 0 Å². The average Bonchev–Trinajstić information content (AvgIpc) is 2.35. The van der Waals surface area contributed by atoms with Crippen LogP contribution in [0.15, 0.2) is 35.3 Å². The van der Waals surface area contributed by atoms with Crippen molar-refractivity contribution in [2.75, 3.05) is 18.4 Å². The van der Waals surface area contributed by atoms with Gasteiger partial charge in [-0.25, -0.2) is 4.99 Å². The first-order valence-electron chi connectivity index (χ1n) is 5.96. The molecule has 5 heteroatoms. The molecule has 0 radical (unpaired) electrons. The van der Waals surface area contributed by atoms with Gasteiger partial charge in [0.25, 0.3) is 0 Å². The van der Waals surface area contributed by atoms with E-state index in [0.717, 1.165) is 12.2 Å². The number of nitrogens with one attached hydrogen (secondary N) is 2. The molecule has 0 unspecified atom stereocenters. The third kappa shape index (κ3) is 5.89. The summed E-state index contributed by atoms with van der Waals surface area (Å²) in [5.41, 5.74) is 6.38. The predicted octanol–water partition coefficient (Wildman–Crippen LogP) is 1.19. The number of nitrogens with two attached hydrogens (primary N) is 1. The van der Waals surface area contributed by atoms with Crippen molar-refractivity contribution in [1.29, 1.82) is 0 Å². The molecule has 1 aromatic carbocycles. The molecule has 0 aliphatic rings. The maximum atomic E-state index is 11.6. The van der Waals surface area contributed by atoms with Crippen LogP contribution in [0.25, 0.3) is 0 Å². The number of benzene rings is 1. The van der Waals surface area contributed by atoms with Crippen LogP contribution in [0.1, 0.15) is 13.8 Å². The van der Waals surface area contributed by atoms with Crippen molar-refractivity contribution >= 4 is 17.6 Å². The lowest BCUT2D eigenvalue weighted by molar-refractivity contribution is -0.114. The predicted molar refractivity (Wildman–Crippen MR) is 74.4 cm³/mol. The van der Waals surface area contributed by atoms with E-state index >= 15 is 0 Å². The summed E-state index contributed by atoms with van der Waals surface area (Å²) in [5.74, 6) is 0.597. The van der Waals surface area contributed by atoms with Gasteiger partial charge >= 0.3 is 0 Å². The molecule has 0 spiro atoms. The Morgan fingerprint density at radius 1 is 1.33 bits per heavy atom. The van der Waals surface area contributed by atoms with Crippen molar-refractivity contribution < 1.29 is 4.79 Å². The number of hydrogen-bond acceptors (Lipinski definition) is 2. The fourth-order valence-electron chi connectivity index (χ4n) is 1.24. The largest absolute Gasteiger partial charge is 0.370 e. The smallest absolute Gasteiger partial charge is 0.246 e. The first-order valence-corrected chi connectivity index (χ1v) is 5.96. The van der Waals surface area contributed by atoms with Gasteiger partial charge in [-0.3, -0.25) is 4.79 Å². The molecule has 4 N–H and O–H groups in total. The van der Waals surface area contributed by atoms with E-state index < -0.39 is 0 Å². The molecule has 0 atom stereocenters. The Labute approximate surface area is 107 Å². The minimum atomic E-state index is -0.185. The molecule has 0 saturated heterocycles.